The summed E-state index contributed by atoms with van der Waals surface area (Å²) in [7, 11) is 0. The van der Waals surface area contributed by atoms with Crippen LogP contribution in [0.5, 0.6) is 11.5 Å². The van der Waals surface area contributed by atoms with Crippen LogP contribution in [-0.4, -0.2) is 26.3 Å². The maximum atomic E-state index is 5.67. The number of rotatable bonds is 4. The number of anilines is 1. The average Bonchev–Trinajstić information content (AvgIpc) is 2.62. The van der Waals surface area contributed by atoms with Gasteiger partial charge in [-0.15, -0.1) is 0 Å². The molecule has 0 saturated carbocycles. The molecule has 0 aromatic heterocycles. The third kappa shape index (κ3) is 3.14. The molecular weight excluding hydrogens is 286 g/mol. The van der Waals surface area contributed by atoms with E-state index in [9.17, 15) is 0 Å². The van der Waals surface area contributed by atoms with E-state index < -0.39 is 0 Å². The van der Waals surface area contributed by atoms with Crippen LogP contribution in [0.3, 0.4) is 0 Å². The highest BCUT2D eigenvalue weighted by atomic mass is 16.6. The lowest BCUT2D eigenvalue weighted by Gasteiger charge is -2.31. The molecule has 2 aromatic rings. The van der Waals surface area contributed by atoms with E-state index in [4.69, 9.17) is 9.47 Å². The zero-order chi connectivity index (χ0) is 15.5. The number of fused-ring (bicyclic) bond motifs is 2. The highest BCUT2D eigenvalue weighted by Crippen LogP contribution is 2.31. The predicted molar refractivity (Wildman–Crippen MR) is 92.7 cm³/mol. The first-order valence-electron chi connectivity index (χ1n) is 8.61. The van der Waals surface area contributed by atoms with Crippen LogP contribution in [0.1, 0.15) is 24.0 Å². The average molecular weight is 309 g/mol. The Bertz CT molecular complexity index is 683. The van der Waals surface area contributed by atoms with Crippen LogP contribution in [0, 0.1) is 0 Å². The van der Waals surface area contributed by atoms with Gasteiger partial charge < -0.3 is 14.4 Å². The van der Waals surface area contributed by atoms with Crippen LogP contribution in [-0.2, 0) is 12.8 Å². The van der Waals surface area contributed by atoms with Gasteiger partial charge in [-0.1, -0.05) is 24.3 Å². The van der Waals surface area contributed by atoms with Crippen molar-refractivity contribution in [1.29, 1.82) is 0 Å². The fourth-order valence-electron chi connectivity index (χ4n) is 3.56. The fraction of sp³-hybridized carbons (Fsp3) is 0.400. The molecule has 2 aliphatic heterocycles. The number of hydrogen-bond donors (Lipinski definition) is 0. The van der Waals surface area contributed by atoms with E-state index in [0.717, 1.165) is 30.9 Å². The van der Waals surface area contributed by atoms with Crippen LogP contribution >= 0.6 is 0 Å². The van der Waals surface area contributed by atoms with E-state index in [1.807, 2.05) is 6.07 Å². The topological polar surface area (TPSA) is 21.7 Å². The third-order valence-corrected chi connectivity index (χ3v) is 4.71. The Morgan fingerprint density at radius 1 is 0.957 bits per heavy atom. The van der Waals surface area contributed by atoms with Crippen molar-refractivity contribution in [2.75, 3.05) is 31.2 Å². The fourth-order valence-corrected chi connectivity index (χ4v) is 3.56. The summed E-state index contributed by atoms with van der Waals surface area (Å²) in [5.41, 5.74) is 4.26. The summed E-state index contributed by atoms with van der Waals surface area (Å²) in [5.74, 6) is 1.78. The van der Waals surface area contributed by atoms with Crippen molar-refractivity contribution in [2.24, 2.45) is 0 Å². The Morgan fingerprint density at radius 3 is 2.78 bits per heavy atom. The minimum absolute atomic E-state index is 0.653. The van der Waals surface area contributed by atoms with Gasteiger partial charge in [0.15, 0.2) is 11.5 Å². The highest BCUT2D eigenvalue weighted by molar-refractivity contribution is 5.55. The van der Waals surface area contributed by atoms with Gasteiger partial charge in [-0.3, -0.25) is 0 Å². The minimum Gasteiger partial charge on any atom is -0.486 e. The van der Waals surface area contributed by atoms with Gasteiger partial charge >= 0.3 is 0 Å². The Balaban J connectivity index is 1.37. The van der Waals surface area contributed by atoms with Crippen LogP contribution < -0.4 is 14.4 Å². The number of aryl methyl sites for hydroxylation is 2. The second-order valence-electron chi connectivity index (χ2n) is 6.30. The summed E-state index contributed by atoms with van der Waals surface area (Å²) in [6, 6.07) is 15.2. The molecule has 0 bridgehead atoms. The zero-order valence-corrected chi connectivity index (χ0v) is 13.5. The molecule has 0 spiro atoms. The Hall–Kier alpha value is -2.16. The molecule has 0 aliphatic carbocycles. The van der Waals surface area contributed by atoms with Crippen molar-refractivity contribution < 1.29 is 9.47 Å². The lowest BCUT2D eigenvalue weighted by molar-refractivity contribution is 0.171. The van der Waals surface area contributed by atoms with Gasteiger partial charge in [-0.2, -0.15) is 0 Å². The molecule has 0 unspecified atom stereocenters. The lowest BCUT2D eigenvalue weighted by Crippen LogP contribution is -2.30. The van der Waals surface area contributed by atoms with E-state index in [-0.39, 0.29) is 0 Å². The first-order chi connectivity index (χ1) is 11.4. The smallest absolute Gasteiger partial charge is 0.161 e. The summed E-state index contributed by atoms with van der Waals surface area (Å²) in [6.07, 6.45) is 4.72. The Kier molecular flexibility index (Phi) is 4.10. The van der Waals surface area contributed by atoms with E-state index in [1.165, 1.54) is 36.2 Å². The summed E-state index contributed by atoms with van der Waals surface area (Å²) in [5, 5.41) is 0. The highest BCUT2D eigenvalue weighted by Gasteiger charge is 2.16. The van der Waals surface area contributed by atoms with Crippen molar-refractivity contribution in [1.82, 2.24) is 0 Å². The molecule has 3 heteroatoms. The number of hydrogen-bond acceptors (Lipinski definition) is 3. The molecule has 2 aromatic carbocycles. The van der Waals surface area contributed by atoms with Gasteiger partial charge in [0, 0.05) is 18.8 Å². The van der Waals surface area contributed by atoms with Crippen LogP contribution in [0.25, 0.3) is 0 Å². The first kappa shape index (κ1) is 14.4. The summed E-state index contributed by atoms with van der Waals surface area (Å²) in [4.78, 5) is 2.54. The number of para-hydroxylation sites is 1. The molecule has 0 fully saturated rings. The van der Waals surface area contributed by atoms with Crippen molar-refractivity contribution in [2.45, 2.75) is 25.7 Å². The SMILES string of the molecule is c1ccc2c(c1)CCCN2CCCc1ccc2c(c1)OCCO2. The van der Waals surface area contributed by atoms with Crippen LogP contribution in [0.15, 0.2) is 42.5 Å². The molecule has 2 aliphatic rings. The van der Waals surface area contributed by atoms with E-state index >= 15 is 0 Å². The molecule has 4 rings (SSSR count). The maximum Gasteiger partial charge on any atom is 0.161 e. The van der Waals surface area contributed by atoms with Crippen molar-refractivity contribution in [3.05, 3.63) is 53.6 Å². The summed E-state index contributed by atoms with van der Waals surface area (Å²) < 4.78 is 11.3. The minimum atomic E-state index is 0.653. The summed E-state index contributed by atoms with van der Waals surface area (Å²) in [6.45, 7) is 3.60. The van der Waals surface area contributed by atoms with E-state index in [0.29, 0.717) is 13.2 Å². The van der Waals surface area contributed by atoms with Crippen LogP contribution in [0.2, 0.25) is 0 Å². The van der Waals surface area contributed by atoms with Gasteiger partial charge in [0.1, 0.15) is 13.2 Å². The van der Waals surface area contributed by atoms with Crippen molar-refractivity contribution in [3.8, 4) is 11.5 Å². The summed E-state index contributed by atoms with van der Waals surface area (Å²) >= 11 is 0. The normalized spacial score (nSPS) is 16.1. The molecule has 3 nitrogen and oxygen atoms in total. The molecule has 0 radical (unpaired) electrons. The van der Waals surface area contributed by atoms with Crippen LogP contribution in [0.4, 0.5) is 5.69 Å². The molecule has 23 heavy (non-hydrogen) atoms. The number of nitrogens with zero attached hydrogens (tertiary/aromatic N) is 1. The second kappa shape index (κ2) is 6.53. The lowest BCUT2D eigenvalue weighted by atomic mass is 10.0. The largest absolute Gasteiger partial charge is 0.486 e. The Labute approximate surface area is 137 Å². The zero-order valence-electron chi connectivity index (χ0n) is 13.5. The molecular formula is C20H23NO2. The van der Waals surface area contributed by atoms with Gasteiger partial charge in [0.2, 0.25) is 0 Å². The van der Waals surface area contributed by atoms with Gasteiger partial charge in [-0.25, -0.2) is 0 Å². The number of ether oxygens (including phenoxy) is 2. The number of benzene rings is 2. The van der Waals surface area contributed by atoms with E-state index in [2.05, 4.69) is 41.3 Å². The predicted octanol–water partition coefficient (Wildman–Crippen LogP) is 3.84. The van der Waals surface area contributed by atoms with E-state index in [1.54, 1.807) is 0 Å². The van der Waals surface area contributed by atoms with Gasteiger partial charge in [0.25, 0.3) is 0 Å². The van der Waals surface area contributed by atoms with Gasteiger partial charge in [-0.05, 0) is 55.0 Å². The third-order valence-electron chi connectivity index (χ3n) is 4.71. The standard InChI is InChI=1S/C20H23NO2/c1-2-8-18-17(6-1)7-4-12-21(18)11-3-5-16-9-10-19-20(15-16)23-14-13-22-19/h1-2,6,8-10,15H,3-5,7,11-14H2. The molecule has 0 saturated heterocycles. The molecule has 0 atom stereocenters. The molecule has 0 N–H and O–H groups in total. The first-order valence-corrected chi connectivity index (χ1v) is 8.61. The van der Waals surface area contributed by atoms with Crippen molar-refractivity contribution >= 4 is 5.69 Å². The molecule has 120 valence electrons. The molecule has 0 amide bonds. The monoisotopic (exact) mass is 309 g/mol. The van der Waals surface area contributed by atoms with Gasteiger partial charge in [0.05, 0.1) is 0 Å². The maximum absolute atomic E-state index is 5.67. The molecule has 2 heterocycles. The second-order valence-corrected chi connectivity index (χ2v) is 6.30. The Morgan fingerprint density at radius 2 is 1.83 bits per heavy atom. The quantitative estimate of drug-likeness (QED) is 0.856. The van der Waals surface area contributed by atoms with Crippen molar-refractivity contribution in [3.63, 3.8) is 0 Å².